The van der Waals surface area contributed by atoms with E-state index in [9.17, 15) is 9.50 Å². The zero-order valence-electron chi connectivity index (χ0n) is 9.56. The van der Waals surface area contributed by atoms with E-state index in [1.807, 2.05) is 0 Å². The molecule has 5 nitrogen and oxygen atoms in total. The predicted octanol–water partition coefficient (Wildman–Crippen LogP) is 0.450. The molecule has 0 aliphatic carbocycles. The monoisotopic (exact) mass is 252 g/mol. The standard InChI is InChI=1S/C12H13FN2O3/c1-14-10-3-2-8(4-9(10)13)18-11-5-15-6-12(11,17)7-16/h2-4,11,15-17H,5-7H2/t11-,12+/m0/s1. The van der Waals surface area contributed by atoms with Crippen molar-refractivity contribution in [3.8, 4) is 5.75 Å². The fourth-order valence-electron chi connectivity index (χ4n) is 1.85. The van der Waals surface area contributed by atoms with Crippen molar-refractivity contribution in [1.82, 2.24) is 5.32 Å². The van der Waals surface area contributed by atoms with E-state index >= 15 is 0 Å². The van der Waals surface area contributed by atoms with Gasteiger partial charge in [0.05, 0.1) is 13.2 Å². The van der Waals surface area contributed by atoms with Gasteiger partial charge in [-0.25, -0.2) is 9.24 Å². The molecule has 0 spiro atoms. The van der Waals surface area contributed by atoms with Crippen molar-refractivity contribution in [1.29, 1.82) is 0 Å². The number of ether oxygens (including phenoxy) is 1. The van der Waals surface area contributed by atoms with Gasteiger partial charge >= 0.3 is 0 Å². The number of rotatable bonds is 3. The van der Waals surface area contributed by atoms with Crippen molar-refractivity contribution < 1.29 is 19.3 Å². The van der Waals surface area contributed by atoms with Crippen molar-refractivity contribution in [3.63, 3.8) is 0 Å². The molecule has 1 aliphatic rings. The van der Waals surface area contributed by atoms with Gasteiger partial charge in [0.2, 0.25) is 5.69 Å². The Morgan fingerprint density at radius 3 is 3.00 bits per heavy atom. The van der Waals surface area contributed by atoms with Gasteiger partial charge in [0.1, 0.15) is 23.3 Å². The summed E-state index contributed by atoms with van der Waals surface area (Å²) in [7, 11) is 0. The van der Waals surface area contributed by atoms with Crippen molar-refractivity contribution in [2.24, 2.45) is 0 Å². The zero-order valence-corrected chi connectivity index (χ0v) is 9.56. The van der Waals surface area contributed by atoms with Crippen LogP contribution in [-0.2, 0) is 0 Å². The molecule has 6 heteroatoms. The number of aliphatic hydroxyl groups is 2. The molecule has 18 heavy (non-hydrogen) atoms. The average Bonchev–Trinajstić information content (AvgIpc) is 2.72. The summed E-state index contributed by atoms with van der Waals surface area (Å²) in [4.78, 5) is 3.01. The first-order chi connectivity index (χ1) is 8.59. The summed E-state index contributed by atoms with van der Waals surface area (Å²) in [5, 5.41) is 22.0. The Morgan fingerprint density at radius 1 is 1.61 bits per heavy atom. The van der Waals surface area contributed by atoms with Gasteiger partial charge in [0.15, 0.2) is 0 Å². The summed E-state index contributed by atoms with van der Waals surface area (Å²) in [6.45, 7) is 6.88. The minimum atomic E-state index is -1.37. The third kappa shape index (κ3) is 2.29. The van der Waals surface area contributed by atoms with E-state index in [1.165, 1.54) is 12.1 Å². The highest BCUT2D eigenvalue weighted by molar-refractivity contribution is 5.48. The summed E-state index contributed by atoms with van der Waals surface area (Å²) in [6, 6.07) is 3.88. The molecule has 3 N–H and O–H groups in total. The predicted molar refractivity (Wildman–Crippen MR) is 62.0 cm³/mol. The van der Waals surface area contributed by atoms with E-state index in [0.717, 1.165) is 6.07 Å². The number of aliphatic hydroxyl groups excluding tert-OH is 1. The van der Waals surface area contributed by atoms with Gasteiger partial charge in [-0.1, -0.05) is 0 Å². The normalized spacial score (nSPS) is 26.9. The highest BCUT2D eigenvalue weighted by Crippen LogP contribution is 2.26. The maximum atomic E-state index is 13.4. The molecule has 1 saturated heterocycles. The molecular weight excluding hydrogens is 239 g/mol. The molecule has 1 aromatic carbocycles. The van der Waals surface area contributed by atoms with Crippen LogP contribution in [0.4, 0.5) is 10.1 Å². The number of nitrogens with one attached hydrogen (secondary N) is 1. The molecule has 0 radical (unpaired) electrons. The number of halogens is 1. The van der Waals surface area contributed by atoms with E-state index in [2.05, 4.69) is 10.2 Å². The summed E-state index contributed by atoms with van der Waals surface area (Å²) >= 11 is 0. The van der Waals surface area contributed by atoms with Crippen LogP contribution in [-0.4, -0.2) is 41.6 Å². The molecule has 0 unspecified atom stereocenters. The third-order valence-corrected chi connectivity index (χ3v) is 2.95. The maximum Gasteiger partial charge on any atom is 0.222 e. The Kier molecular flexibility index (Phi) is 3.48. The SMILES string of the molecule is [C-]#[N+]c1ccc(O[C@H]2CNC[C@@]2(O)CO)cc1F. The lowest BCUT2D eigenvalue weighted by molar-refractivity contribution is -0.0632. The Labute approximate surface area is 104 Å². The Hall–Kier alpha value is -1.68. The molecule has 0 aromatic heterocycles. The van der Waals surface area contributed by atoms with E-state index in [4.69, 9.17) is 16.4 Å². The largest absolute Gasteiger partial charge is 0.486 e. The van der Waals surface area contributed by atoms with E-state index in [-0.39, 0.29) is 18.0 Å². The average molecular weight is 252 g/mol. The van der Waals surface area contributed by atoms with Gasteiger partial charge in [-0.3, -0.25) is 0 Å². The fourth-order valence-corrected chi connectivity index (χ4v) is 1.85. The van der Waals surface area contributed by atoms with Crippen LogP contribution < -0.4 is 10.1 Å². The zero-order chi connectivity index (χ0) is 13.2. The van der Waals surface area contributed by atoms with Crippen molar-refractivity contribution in [2.45, 2.75) is 11.7 Å². The van der Waals surface area contributed by atoms with Crippen LogP contribution in [0.1, 0.15) is 0 Å². The lowest BCUT2D eigenvalue weighted by Crippen LogP contribution is -2.48. The van der Waals surface area contributed by atoms with Gasteiger partial charge in [-0.05, 0) is 12.1 Å². The van der Waals surface area contributed by atoms with Crippen molar-refractivity contribution in [3.05, 3.63) is 35.4 Å². The minimum absolute atomic E-state index is 0.0793. The molecule has 1 aromatic rings. The molecule has 0 bridgehead atoms. The highest BCUT2D eigenvalue weighted by atomic mass is 19.1. The van der Waals surface area contributed by atoms with Crippen molar-refractivity contribution in [2.75, 3.05) is 19.7 Å². The van der Waals surface area contributed by atoms with Gasteiger partial charge in [-0.2, -0.15) is 0 Å². The Morgan fingerprint density at radius 2 is 2.39 bits per heavy atom. The number of nitrogens with zero attached hydrogens (tertiary/aromatic N) is 1. The Balaban J connectivity index is 2.15. The second-order valence-corrected chi connectivity index (χ2v) is 4.22. The number of hydrogen-bond acceptors (Lipinski definition) is 4. The number of β-amino-alcohol motifs (C(OH)–C–C–N with tert-alkyl or cyclic N) is 1. The Bertz CT molecular complexity index is 489. The number of benzene rings is 1. The molecule has 1 fully saturated rings. The molecule has 0 saturated carbocycles. The second-order valence-electron chi connectivity index (χ2n) is 4.22. The smallest absolute Gasteiger partial charge is 0.222 e. The maximum absolute atomic E-state index is 13.4. The van der Waals surface area contributed by atoms with E-state index in [0.29, 0.717) is 6.54 Å². The molecule has 96 valence electrons. The van der Waals surface area contributed by atoms with E-state index < -0.39 is 24.1 Å². The summed E-state index contributed by atoms with van der Waals surface area (Å²) in [5.41, 5.74) is -1.45. The lowest BCUT2D eigenvalue weighted by atomic mass is 10.0. The fraction of sp³-hybridized carbons (Fsp3) is 0.417. The van der Waals surface area contributed by atoms with Gasteiger partial charge < -0.3 is 20.3 Å². The molecule has 1 aliphatic heterocycles. The molecular formula is C12H13FN2O3. The van der Waals surface area contributed by atoms with Crippen LogP contribution in [0.5, 0.6) is 5.75 Å². The summed E-state index contributed by atoms with van der Waals surface area (Å²) in [6.07, 6.45) is -0.652. The first-order valence-electron chi connectivity index (χ1n) is 5.47. The van der Waals surface area contributed by atoms with Crippen LogP contribution in [0.25, 0.3) is 4.85 Å². The summed E-state index contributed by atoms with van der Waals surface area (Å²) in [5.74, 6) is -0.443. The topological polar surface area (TPSA) is 66.1 Å². The van der Waals surface area contributed by atoms with E-state index in [1.54, 1.807) is 0 Å². The molecule has 0 amide bonds. The van der Waals surface area contributed by atoms with Crippen LogP contribution in [0, 0.1) is 12.4 Å². The van der Waals surface area contributed by atoms with Crippen LogP contribution in [0.2, 0.25) is 0 Å². The molecule has 2 rings (SSSR count). The minimum Gasteiger partial charge on any atom is -0.486 e. The van der Waals surface area contributed by atoms with Crippen LogP contribution in [0.3, 0.4) is 0 Å². The summed E-state index contributed by atoms with van der Waals surface area (Å²) < 4.78 is 18.8. The van der Waals surface area contributed by atoms with Crippen molar-refractivity contribution >= 4 is 5.69 Å². The first-order valence-corrected chi connectivity index (χ1v) is 5.47. The molecule has 2 atom stereocenters. The first kappa shape index (κ1) is 12.8. The highest BCUT2D eigenvalue weighted by Gasteiger charge is 2.42. The number of hydrogen-bond donors (Lipinski definition) is 3. The van der Waals surface area contributed by atoms with Gasteiger partial charge in [-0.15, -0.1) is 0 Å². The van der Waals surface area contributed by atoms with Gasteiger partial charge in [0, 0.05) is 19.2 Å². The third-order valence-electron chi connectivity index (χ3n) is 2.95. The van der Waals surface area contributed by atoms with Crippen LogP contribution >= 0.6 is 0 Å². The second kappa shape index (κ2) is 4.90. The molecule has 1 heterocycles. The lowest BCUT2D eigenvalue weighted by Gasteiger charge is -2.27. The van der Waals surface area contributed by atoms with Gasteiger partial charge in [0.25, 0.3) is 0 Å². The quantitative estimate of drug-likeness (QED) is 0.683. The van der Waals surface area contributed by atoms with Crippen LogP contribution in [0.15, 0.2) is 18.2 Å².